The van der Waals surface area contributed by atoms with Crippen LogP contribution in [0.25, 0.3) is 0 Å². The number of hydrogen-bond donors (Lipinski definition) is 1. The molecule has 5 heteroatoms. The van der Waals surface area contributed by atoms with E-state index in [4.69, 9.17) is 0 Å². The van der Waals surface area contributed by atoms with E-state index in [-0.39, 0.29) is 11.9 Å². The van der Waals surface area contributed by atoms with Crippen LogP contribution in [0.15, 0.2) is 12.3 Å². The monoisotopic (exact) mass is 354 g/mol. The summed E-state index contributed by atoms with van der Waals surface area (Å²) in [5.74, 6) is 0.652. The maximum absolute atomic E-state index is 12.6. The molecular weight excluding hydrogens is 324 g/mol. The molecule has 5 nitrogen and oxygen atoms in total. The Morgan fingerprint density at radius 2 is 1.81 bits per heavy atom. The molecule has 2 aromatic heterocycles. The Hall–Kier alpha value is -2.17. The van der Waals surface area contributed by atoms with Crippen molar-refractivity contribution < 1.29 is 4.79 Å². The topological polar surface area (TPSA) is 59.8 Å². The fraction of sp³-hybridized carbons (Fsp3) is 0.571. The van der Waals surface area contributed by atoms with Gasteiger partial charge in [0.25, 0.3) is 5.91 Å². The van der Waals surface area contributed by atoms with E-state index >= 15 is 0 Å². The summed E-state index contributed by atoms with van der Waals surface area (Å²) >= 11 is 0. The van der Waals surface area contributed by atoms with Crippen LogP contribution in [0.1, 0.15) is 64.2 Å². The first-order chi connectivity index (χ1) is 12.3. The van der Waals surface area contributed by atoms with Crippen LogP contribution in [0.3, 0.4) is 0 Å². The third kappa shape index (κ3) is 3.97. The van der Waals surface area contributed by atoms with Crippen molar-refractivity contribution in [2.75, 3.05) is 0 Å². The van der Waals surface area contributed by atoms with Crippen molar-refractivity contribution in [2.45, 2.75) is 72.9 Å². The van der Waals surface area contributed by atoms with Gasteiger partial charge in [-0.1, -0.05) is 0 Å². The van der Waals surface area contributed by atoms with E-state index in [1.807, 2.05) is 19.9 Å². The predicted octanol–water partition coefficient (Wildman–Crippen LogP) is 3.81. The lowest BCUT2D eigenvalue weighted by Gasteiger charge is -2.29. The standard InChI is InChI=1S/C21H30N4O/c1-13-10-20(16(4)22-11-13)21(26)23-19-8-6-18(7-9-19)12-25-17(5)14(2)15(3)24-25/h10-11,18-19H,6-9,12H2,1-5H3,(H,23,26). The summed E-state index contributed by atoms with van der Waals surface area (Å²) in [6, 6.07) is 2.19. The second-order valence-electron chi connectivity index (χ2n) is 7.81. The number of nitrogens with zero attached hydrogens (tertiary/aromatic N) is 3. The summed E-state index contributed by atoms with van der Waals surface area (Å²) in [6.45, 7) is 11.2. The lowest BCUT2D eigenvalue weighted by molar-refractivity contribution is 0.0919. The summed E-state index contributed by atoms with van der Waals surface area (Å²) in [7, 11) is 0. The lowest BCUT2D eigenvalue weighted by Crippen LogP contribution is -2.38. The average molecular weight is 354 g/mol. The molecule has 1 saturated carbocycles. The zero-order chi connectivity index (χ0) is 18.8. The number of nitrogens with one attached hydrogen (secondary N) is 1. The number of carbonyl (C=O) groups excluding carboxylic acids is 1. The third-order valence-corrected chi connectivity index (χ3v) is 5.82. The van der Waals surface area contributed by atoms with E-state index in [1.165, 1.54) is 11.3 Å². The highest BCUT2D eigenvalue weighted by Crippen LogP contribution is 2.27. The molecule has 140 valence electrons. The van der Waals surface area contributed by atoms with Gasteiger partial charge in [-0.05, 0) is 83.4 Å². The van der Waals surface area contributed by atoms with Crippen LogP contribution in [-0.4, -0.2) is 26.7 Å². The van der Waals surface area contributed by atoms with Gasteiger partial charge in [-0.2, -0.15) is 5.10 Å². The van der Waals surface area contributed by atoms with Gasteiger partial charge in [0.2, 0.25) is 0 Å². The predicted molar refractivity (Wildman–Crippen MR) is 103 cm³/mol. The third-order valence-electron chi connectivity index (χ3n) is 5.82. The Kier molecular flexibility index (Phi) is 5.44. The highest BCUT2D eigenvalue weighted by atomic mass is 16.1. The fourth-order valence-corrected chi connectivity index (χ4v) is 3.83. The maximum Gasteiger partial charge on any atom is 0.253 e. The first kappa shape index (κ1) is 18.6. The summed E-state index contributed by atoms with van der Waals surface area (Å²) in [5.41, 5.74) is 6.22. The van der Waals surface area contributed by atoms with Crippen molar-refractivity contribution >= 4 is 5.91 Å². The Morgan fingerprint density at radius 1 is 1.12 bits per heavy atom. The minimum atomic E-state index is 0.0105. The molecule has 26 heavy (non-hydrogen) atoms. The van der Waals surface area contributed by atoms with Crippen molar-refractivity contribution in [1.29, 1.82) is 0 Å². The van der Waals surface area contributed by atoms with Gasteiger partial charge < -0.3 is 5.32 Å². The van der Waals surface area contributed by atoms with Crippen LogP contribution < -0.4 is 5.32 Å². The summed E-state index contributed by atoms with van der Waals surface area (Å²) in [5, 5.41) is 7.88. The van der Waals surface area contributed by atoms with Crippen molar-refractivity contribution in [2.24, 2.45) is 5.92 Å². The van der Waals surface area contributed by atoms with Gasteiger partial charge in [-0.3, -0.25) is 14.5 Å². The molecule has 2 heterocycles. The van der Waals surface area contributed by atoms with E-state index in [0.717, 1.165) is 49.2 Å². The number of hydrogen-bond acceptors (Lipinski definition) is 3. The summed E-state index contributed by atoms with van der Waals surface area (Å²) < 4.78 is 2.16. The average Bonchev–Trinajstić information content (AvgIpc) is 2.85. The molecule has 0 atom stereocenters. The summed E-state index contributed by atoms with van der Waals surface area (Å²) in [4.78, 5) is 16.9. The number of aromatic nitrogens is 3. The van der Waals surface area contributed by atoms with E-state index in [0.29, 0.717) is 11.5 Å². The Bertz CT molecular complexity index is 801. The second kappa shape index (κ2) is 7.60. The number of aryl methyl sites for hydroxylation is 3. The highest BCUT2D eigenvalue weighted by molar-refractivity contribution is 5.95. The number of amides is 1. The van der Waals surface area contributed by atoms with Gasteiger partial charge in [-0.25, -0.2) is 0 Å². The van der Waals surface area contributed by atoms with Crippen LogP contribution >= 0.6 is 0 Å². The molecular formula is C21H30N4O. The molecule has 3 rings (SSSR count). The molecule has 1 aliphatic carbocycles. The van der Waals surface area contributed by atoms with Gasteiger partial charge in [0.05, 0.1) is 11.3 Å². The van der Waals surface area contributed by atoms with Gasteiger partial charge in [0.15, 0.2) is 0 Å². The number of pyridine rings is 1. The van der Waals surface area contributed by atoms with E-state index in [1.54, 1.807) is 6.20 Å². The van der Waals surface area contributed by atoms with Gasteiger partial charge in [0, 0.05) is 30.2 Å². The molecule has 1 amide bonds. The first-order valence-electron chi connectivity index (χ1n) is 9.60. The van der Waals surface area contributed by atoms with Crippen LogP contribution in [-0.2, 0) is 6.54 Å². The summed E-state index contributed by atoms with van der Waals surface area (Å²) in [6.07, 6.45) is 6.14. The quantitative estimate of drug-likeness (QED) is 0.908. The SMILES string of the molecule is Cc1cnc(C)c(C(=O)NC2CCC(Cn3nc(C)c(C)c3C)CC2)c1. The Labute approximate surface area is 156 Å². The van der Waals surface area contributed by atoms with Crippen LogP contribution in [0, 0.1) is 40.5 Å². The normalized spacial score (nSPS) is 20.2. The molecule has 0 spiro atoms. The van der Waals surface area contributed by atoms with E-state index < -0.39 is 0 Å². The molecule has 0 aliphatic heterocycles. The molecule has 1 aliphatic rings. The molecule has 0 saturated heterocycles. The molecule has 1 N–H and O–H groups in total. The fourth-order valence-electron chi connectivity index (χ4n) is 3.83. The van der Waals surface area contributed by atoms with Crippen LogP contribution in [0.2, 0.25) is 0 Å². The zero-order valence-electron chi connectivity index (χ0n) is 16.6. The van der Waals surface area contributed by atoms with E-state index in [9.17, 15) is 4.79 Å². The lowest BCUT2D eigenvalue weighted by atomic mass is 9.86. The van der Waals surface area contributed by atoms with Gasteiger partial charge >= 0.3 is 0 Å². The Morgan fingerprint density at radius 3 is 2.42 bits per heavy atom. The Balaban J connectivity index is 1.54. The first-order valence-corrected chi connectivity index (χ1v) is 9.60. The minimum absolute atomic E-state index is 0.0105. The molecule has 2 aromatic rings. The van der Waals surface area contributed by atoms with Crippen molar-refractivity contribution in [3.63, 3.8) is 0 Å². The minimum Gasteiger partial charge on any atom is -0.349 e. The zero-order valence-corrected chi connectivity index (χ0v) is 16.6. The number of rotatable bonds is 4. The van der Waals surface area contributed by atoms with Gasteiger partial charge in [-0.15, -0.1) is 0 Å². The molecule has 1 fully saturated rings. The van der Waals surface area contributed by atoms with Crippen molar-refractivity contribution in [3.05, 3.63) is 46.0 Å². The largest absolute Gasteiger partial charge is 0.349 e. The maximum atomic E-state index is 12.6. The van der Waals surface area contributed by atoms with Crippen molar-refractivity contribution in [1.82, 2.24) is 20.1 Å². The van der Waals surface area contributed by atoms with Crippen LogP contribution in [0.4, 0.5) is 0 Å². The van der Waals surface area contributed by atoms with Crippen LogP contribution in [0.5, 0.6) is 0 Å². The molecule has 0 unspecified atom stereocenters. The van der Waals surface area contributed by atoms with Crippen molar-refractivity contribution in [3.8, 4) is 0 Å². The smallest absolute Gasteiger partial charge is 0.253 e. The number of carbonyl (C=O) groups is 1. The molecule has 0 bridgehead atoms. The second-order valence-corrected chi connectivity index (χ2v) is 7.81. The molecule has 0 radical (unpaired) electrons. The molecule has 0 aromatic carbocycles. The highest BCUT2D eigenvalue weighted by Gasteiger charge is 2.24. The van der Waals surface area contributed by atoms with E-state index in [2.05, 4.69) is 40.9 Å². The van der Waals surface area contributed by atoms with Gasteiger partial charge in [0.1, 0.15) is 0 Å².